The second-order valence-corrected chi connectivity index (χ2v) is 19.2. The Morgan fingerprint density at radius 3 is 1.97 bits per heavy atom. The van der Waals surface area contributed by atoms with Gasteiger partial charge in [-0.05, 0) is 0 Å². The molecule has 1 fully saturated rings. The van der Waals surface area contributed by atoms with Gasteiger partial charge in [0, 0.05) is 0 Å². The third-order valence-electron chi connectivity index (χ3n) is 7.81. The zero-order valence-electron chi connectivity index (χ0n) is 19.2. The summed E-state index contributed by atoms with van der Waals surface area (Å²) in [6.07, 6.45) is 6.36. The summed E-state index contributed by atoms with van der Waals surface area (Å²) in [5, 5.41) is 2.66. The van der Waals surface area contributed by atoms with Crippen molar-refractivity contribution < 1.29 is 14.7 Å². The predicted molar refractivity (Wildman–Crippen MR) is 142 cm³/mol. The molecule has 0 saturated heterocycles. The fourth-order valence-electron chi connectivity index (χ4n) is 6.48. The van der Waals surface area contributed by atoms with Crippen molar-refractivity contribution in [2.45, 2.75) is 48.7 Å². The second kappa shape index (κ2) is 9.12. The Bertz CT molecular complexity index is 1320. The molecule has 0 spiro atoms. The van der Waals surface area contributed by atoms with Crippen molar-refractivity contribution in [3.05, 3.63) is 107 Å². The van der Waals surface area contributed by atoms with Gasteiger partial charge in [-0.15, -0.1) is 0 Å². The van der Waals surface area contributed by atoms with E-state index in [1.54, 1.807) is 0 Å². The van der Waals surface area contributed by atoms with Crippen molar-refractivity contribution in [3.8, 4) is 11.1 Å². The van der Waals surface area contributed by atoms with E-state index in [0.29, 0.717) is 10.6 Å². The van der Waals surface area contributed by atoms with Gasteiger partial charge < -0.3 is 0 Å². The van der Waals surface area contributed by atoms with Crippen molar-refractivity contribution in [2.24, 2.45) is 4.22 Å². The minimum absolute atomic E-state index is 0.174. The molecule has 0 atom stereocenters. The van der Waals surface area contributed by atoms with Crippen LogP contribution in [0.5, 0.6) is 0 Å². The van der Waals surface area contributed by atoms with E-state index in [0.717, 1.165) is 0 Å². The zero-order valence-corrected chi connectivity index (χ0v) is 22.3. The van der Waals surface area contributed by atoms with Gasteiger partial charge in [0.1, 0.15) is 0 Å². The SMILES string of the molecule is [NH2][Ti]([Cl])([Cl])[CH2]c1c(C2c3ccccc3-c3ccccc32)cc2ccccc2c1C1CCCCC1. The third-order valence-corrected chi connectivity index (χ3v) is 10.2. The molecule has 0 aliphatic heterocycles. The maximum atomic E-state index is 6.74. The fraction of sp³-hybridized carbons (Fsp3) is 0.267. The van der Waals surface area contributed by atoms with Crippen LogP contribution in [0.15, 0.2) is 78.9 Å². The van der Waals surface area contributed by atoms with Crippen molar-refractivity contribution in [1.29, 1.82) is 0 Å². The number of hydrogen-bond donors (Lipinski definition) is 1. The van der Waals surface area contributed by atoms with E-state index in [4.69, 9.17) is 22.8 Å². The molecule has 4 heteroatoms. The third kappa shape index (κ3) is 4.06. The van der Waals surface area contributed by atoms with Gasteiger partial charge in [-0.3, -0.25) is 0 Å². The molecule has 1 saturated carbocycles. The average Bonchev–Trinajstić information content (AvgIpc) is 3.18. The van der Waals surface area contributed by atoms with E-state index >= 15 is 0 Å². The first kappa shape index (κ1) is 22.8. The molecule has 0 aromatic heterocycles. The maximum absolute atomic E-state index is 6.74. The molecule has 172 valence electrons. The van der Waals surface area contributed by atoms with Crippen molar-refractivity contribution in [2.75, 3.05) is 0 Å². The van der Waals surface area contributed by atoms with Crippen molar-refractivity contribution in [1.82, 2.24) is 0 Å². The van der Waals surface area contributed by atoms with Gasteiger partial charge in [0.25, 0.3) is 0 Å². The van der Waals surface area contributed by atoms with Gasteiger partial charge in [0.15, 0.2) is 0 Å². The summed E-state index contributed by atoms with van der Waals surface area (Å²) >= 11 is -3.45. The summed E-state index contributed by atoms with van der Waals surface area (Å²) in [4.78, 5) is 0. The van der Waals surface area contributed by atoms with Gasteiger partial charge in [0.05, 0.1) is 0 Å². The van der Waals surface area contributed by atoms with Gasteiger partial charge in [-0.1, -0.05) is 0 Å². The fourth-order valence-corrected chi connectivity index (χ4v) is 8.93. The van der Waals surface area contributed by atoms with Crippen LogP contribution in [0.4, 0.5) is 0 Å². The molecule has 0 amide bonds. The Morgan fingerprint density at radius 1 is 0.735 bits per heavy atom. The van der Waals surface area contributed by atoms with Crippen LogP contribution in [0.1, 0.15) is 71.8 Å². The number of fused-ring (bicyclic) bond motifs is 4. The van der Waals surface area contributed by atoms with Gasteiger partial charge in [-0.25, -0.2) is 0 Å². The first-order valence-corrected chi connectivity index (χ1v) is 18.7. The van der Waals surface area contributed by atoms with Gasteiger partial charge in [-0.2, -0.15) is 0 Å². The normalized spacial score (nSPS) is 16.6. The van der Waals surface area contributed by atoms with Crippen molar-refractivity contribution >= 4 is 29.4 Å². The summed E-state index contributed by atoms with van der Waals surface area (Å²) in [6, 6.07) is 29.0. The monoisotopic (exact) mass is 521 g/mol. The molecule has 4 aromatic carbocycles. The summed E-state index contributed by atoms with van der Waals surface area (Å²) in [6.45, 7) is 0. The first-order chi connectivity index (χ1) is 16.5. The molecule has 0 bridgehead atoms. The van der Waals surface area contributed by atoms with E-state index in [1.165, 1.54) is 81.8 Å². The summed E-state index contributed by atoms with van der Waals surface area (Å²) < 4.78 is 7.11. The molecular formula is C30H29Cl2NTi. The molecule has 2 N–H and O–H groups in total. The Balaban J connectivity index is 1.68. The molecular weight excluding hydrogens is 493 g/mol. The molecule has 34 heavy (non-hydrogen) atoms. The summed E-state index contributed by atoms with van der Waals surface area (Å²) in [5.74, 6) is 0.714. The van der Waals surface area contributed by atoms with E-state index in [2.05, 4.69) is 78.9 Å². The van der Waals surface area contributed by atoms with E-state index in [9.17, 15) is 0 Å². The molecule has 6 rings (SSSR count). The Kier molecular flexibility index (Phi) is 6.12. The van der Waals surface area contributed by atoms with Crippen LogP contribution < -0.4 is 4.22 Å². The number of halogens is 2. The molecule has 0 unspecified atom stereocenters. The van der Waals surface area contributed by atoms with Crippen LogP contribution >= 0.6 is 18.6 Å². The number of benzene rings is 4. The quantitative estimate of drug-likeness (QED) is 0.235. The summed E-state index contributed by atoms with van der Waals surface area (Å²) in [7, 11) is 13.5. The zero-order chi connectivity index (χ0) is 23.3. The Labute approximate surface area is 213 Å². The van der Waals surface area contributed by atoms with Crippen molar-refractivity contribution in [3.63, 3.8) is 0 Å². The number of nitrogens with two attached hydrogens (primary N) is 1. The number of rotatable bonds is 4. The van der Waals surface area contributed by atoms with Crippen LogP contribution in [0.25, 0.3) is 21.9 Å². The summed E-state index contributed by atoms with van der Waals surface area (Å²) in [5.41, 5.74) is 9.55. The molecule has 0 radical (unpaired) electrons. The molecule has 2 aliphatic carbocycles. The standard InChI is InChI=1S/C30H27.2ClH.H2N.Ti/c1-20-28(30-26-17-9-7-15-24(26)25-16-8-10-18-27(25)30)19-22-13-5-6-14-23(22)29(20)21-11-3-2-4-12-21;;;;/h5-10,13-19,21,30H,1-4,11-12H2;2*1H;1H2;/q;;;-1;+3/p-2. The molecule has 4 aromatic rings. The van der Waals surface area contributed by atoms with E-state index in [1.807, 2.05) is 0 Å². The van der Waals surface area contributed by atoms with Crippen LogP contribution in [-0.2, 0) is 19.4 Å². The first-order valence-electron chi connectivity index (χ1n) is 12.4. The second-order valence-electron chi connectivity index (χ2n) is 9.96. The van der Waals surface area contributed by atoms with E-state index in [-0.39, 0.29) is 5.92 Å². The Morgan fingerprint density at radius 2 is 1.32 bits per heavy atom. The number of hydrogen-bond acceptors (Lipinski definition) is 1. The van der Waals surface area contributed by atoms with E-state index < -0.39 is 14.7 Å². The van der Waals surface area contributed by atoms with Gasteiger partial charge in [0.2, 0.25) is 0 Å². The Hall–Kier alpha value is -1.61. The molecule has 1 nitrogen and oxygen atoms in total. The molecule has 0 heterocycles. The van der Waals surface area contributed by atoms with Crippen LogP contribution in [-0.4, -0.2) is 0 Å². The topological polar surface area (TPSA) is 26.0 Å². The van der Waals surface area contributed by atoms with Gasteiger partial charge >= 0.3 is 215 Å². The average molecular weight is 522 g/mol. The predicted octanol–water partition coefficient (Wildman–Crippen LogP) is 8.88. The van der Waals surface area contributed by atoms with Crippen LogP contribution in [0.3, 0.4) is 0 Å². The van der Waals surface area contributed by atoms with Crippen LogP contribution in [0.2, 0.25) is 0 Å². The molecule has 2 aliphatic rings. The minimum atomic E-state index is -3.45. The van der Waals surface area contributed by atoms with Crippen LogP contribution in [0, 0.1) is 0 Å².